The number of allylic oxidation sites excluding steroid dienone is 1. The van der Waals surface area contributed by atoms with Gasteiger partial charge in [0.25, 0.3) is 0 Å². The number of ether oxygens (including phenoxy) is 1. The highest BCUT2D eigenvalue weighted by atomic mass is 35.5. The van der Waals surface area contributed by atoms with E-state index in [9.17, 15) is 14.7 Å². The number of fused-ring (bicyclic) bond motifs is 2. The van der Waals surface area contributed by atoms with Gasteiger partial charge in [-0.25, -0.2) is 0 Å². The second-order valence-corrected chi connectivity index (χ2v) is 5.74. The van der Waals surface area contributed by atoms with Crippen LogP contribution in [0, 0.1) is 17.3 Å². The van der Waals surface area contributed by atoms with E-state index >= 15 is 0 Å². The molecule has 4 atom stereocenters. The molecule has 1 fully saturated rings. The van der Waals surface area contributed by atoms with Crippen LogP contribution in [0.1, 0.15) is 20.3 Å². The van der Waals surface area contributed by atoms with Gasteiger partial charge in [0.15, 0.2) is 5.78 Å². The van der Waals surface area contributed by atoms with E-state index in [1.807, 2.05) is 6.92 Å². The van der Waals surface area contributed by atoms with Gasteiger partial charge in [-0.1, -0.05) is 11.6 Å². The summed E-state index contributed by atoms with van der Waals surface area (Å²) in [5, 5.41) is 10.4. The number of hydrogen-bond donors (Lipinski definition) is 1. The second kappa shape index (κ2) is 4.07. The number of alkyl halides is 1. The Morgan fingerprint density at radius 1 is 1.67 bits per heavy atom. The number of carbonyl (C=O) groups excluding carboxylic acids is 2. The van der Waals surface area contributed by atoms with Crippen molar-refractivity contribution < 1.29 is 19.4 Å². The van der Waals surface area contributed by atoms with Gasteiger partial charge in [0, 0.05) is 5.92 Å². The maximum Gasteiger partial charge on any atom is 0.312 e. The minimum atomic E-state index is -1.54. The van der Waals surface area contributed by atoms with Crippen molar-refractivity contribution in [3.63, 3.8) is 0 Å². The van der Waals surface area contributed by atoms with Gasteiger partial charge in [-0.2, -0.15) is 0 Å². The van der Waals surface area contributed by atoms with E-state index in [2.05, 4.69) is 0 Å². The molecule has 4 nitrogen and oxygen atoms in total. The highest BCUT2D eigenvalue weighted by Gasteiger charge is 2.63. The first-order chi connectivity index (χ1) is 8.31. The molecule has 18 heavy (non-hydrogen) atoms. The molecule has 0 aliphatic heterocycles. The molecule has 0 heterocycles. The van der Waals surface area contributed by atoms with Crippen LogP contribution in [0.4, 0.5) is 0 Å². The molecule has 0 unspecified atom stereocenters. The summed E-state index contributed by atoms with van der Waals surface area (Å²) in [5.74, 6) is -1.98. The Labute approximate surface area is 111 Å². The van der Waals surface area contributed by atoms with E-state index in [0.29, 0.717) is 6.42 Å². The van der Waals surface area contributed by atoms with Crippen LogP contribution >= 0.6 is 11.6 Å². The Morgan fingerprint density at radius 2 is 2.28 bits per heavy atom. The van der Waals surface area contributed by atoms with Crippen molar-refractivity contribution in [1.82, 2.24) is 0 Å². The zero-order chi connectivity index (χ0) is 13.7. The zero-order valence-electron chi connectivity index (χ0n) is 10.7. The van der Waals surface area contributed by atoms with Crippen LogP contribution in [0.5, 0.6) is 0 Å². The fourth-order valence-corrected chi connectivity index (χ4v) is 3.55. The smallest absolute Gasteiger partial charge is 0.312 e. The number of halogens is 1. The first-order valence-corrected chi connectivity index (χ1v) is 6.44. The van der Waals surface area contributed by atoms with Gasteiger partial charge in [0.1, 0.15) is 5.60 Å². The van der Waals surface area contributed by atoms with Crippen LogP contribution in [-0.2, 0) is 14.3 Å². The van der Waals surface area contributed by atoms with E-state index in [0.717, 1.165) is 5.57 Å². The molecule has 1 saturated carbocycles. The molecule has 0 aromatic rings. The Balaban J connectivity index is 2.51. The second-order valence-electron chi connectivity index (χ2n) is 5.48. The standard InChI is InChI=1S/C13H17ClO4/c1-7-4-8-10(15)13(17,6-14)9(7)5-12(8,2)11(16)18-3/h4,8-9,17H,5-6H2,1-3H3/t8-,9+,12+,13+/m1/s1. The lowest BCUT2D eigenvalue weighted by Gasteiger charge is -2.52. The van der Waals surface area contributed by atoms with Gasteiger partial charge in [0.05, 0.1) is 24.3 Å². The van der Waals surface area contributed by atoms with Crippen molar-refractivity contribution in [1.29, 1.82) is 0 Å². The molecule has 0 aromatic carbocycles. The van der Waals surface area contributed by atoms with E-state index < -0.39 is 28.8 Å². The SMILES string of the molecule is COC(=O)[C@@]1(C)C[C@H]2C(C)=C[C@@H]1C(=O)[C@]2(O)CCl. The highest BCUT2D eigenvalue weighted by Crippen LogP contribution is 2.54. The summed E-state index contributed by atoms with van der Waals surface area (Å²) in [6.45, 7) is 3.57. The summed E-state index contributed by atoms with van der Waals surface area (Å²) in [4.78, 5) is 24.2. The monoisotopic (exact) mass is 272 g/mol. The molecule has 100 valence electrons. The van der Waals surface area contributed by atoms with E-state index in [-0.39, 0.29) is 11.7 Å². The third-order valence-corrected chi connectivity index (χ3v) is 4.84. The van der Waals surface area contributed by atoms with E-state index in [1.54, 1.807) is 13.0 Å². The number of carbonyl (C=O) groups is 2. The average molecular weight is 273 g/mol. The van der Waals surface area contributed by atoms with Crippen LogP contribution in [0.15, 0.2) is 11.6 Å². The molecule has 3 aliphatic carbocycles. The number of Topliss-reactive ketones (excluding diaryl/α,β-unsaturated/α-hetero) is 1. The van der Waals surface area contributed by atoms with Crippen molar-refractivity contribution >= 4 is 23.4 Å². The molecule has 3 rings (SSSR count). The van der Waals surface area contributed by atoms with Gasteiger partial charge in [-0.3, -0.25) is 9.59 Å². The van der Waals surface area contributed by atoms with E-state index in [4.69, 9.17) is 16.3 Å². The van der Waals surface area contributed by atoms with Gasteiger partial charge in [0.2, 0.25) is 0 Å². The molecule has 2 bridgehead atoms. The lowest BCUT2D eigenvalue weighted by molar-refractivity contribution is -0.174. The van der Waals surface area contributed by atoms with Crippen LogP contribution in [0.3, 0.4) is 0 Å². The quantitative estimate of drug-likeness (QED) is 0.468. The fourth-order valence-electron chi connectivity index (χ4n) is 3.23. The van der Waals surface area contributed by atoms with Gasteiger partial charge in [-0.05, 0) is 20.3 Å². The topological polar surface area (TPSA) is 63.6 Å². The van der Waals surface area contributed by atoms with Crippen LogP contribution in [-0.4, -0.2) is 35.4 Å². The molecule has 0 aromatic heterocycles. The molecule has 3 aliphatic rings. The van der Waals surface area contributed by atoms with Crippen molar-refractivity contribution in [2.75, 3.05) is 13.0 Å². The van der Waals surface area contributed by atoms with Crippen LogP contribution < -0.4 is 0 Å². The number of esters is 1. The highest BCUT2D eigenvalue weighted by molar-refractivity contribution is 6.21. The molecular formula is C13H17ClO4. The zero-order valence-corrected chi connectivity index (χ0v) is 11.5. The number of aliphatic hydroxyl groups is 1. The summed E-state index contributed by atoms with van der Waals surface area (Å²) < 4.78 is 4.80. The third kappa shape index (κ3) is 1.48. The molecule has 5 heteroatoms. The third-order valence-electron chi connectivity index (χ3n) is 4.43. The van der Waals surface area contributed by atoms with E-state index in [1.165, 1.54) is 7.11 Å². The summed E-state index contributed by atoms with van der Waals surface area (Å²) in [6, 6.07) is 0. The van der Waals surface area contributed by atoms with Crippen molar-refractivity contribution in [2.45, 2.75) is 25.9 Å². The predicted molar refractivity (Wildman–Crippen MR) is 66.2 cm³/mol. The average Bonchev–Trinajstić information content (AvgIpc) is 2.36. The summed E-state index contributed by atoms with van der Waals surface area (Å²) in [6.07, 6.45) is 2.16. The largest absolute Gasteiger partial charge is 0.469 e. The summed E-state index contributed by atoms with van der Waals surface area (Å²) >= 11 is 5.77. The summed E-state index contributed by atoms with van der Waals surface area (Å²) in [5.41, 5.74) is -1.52. The summed E-state index contributed by atoms with van der Waals surface area (Å²) in [7, 11) is 1.31. The first kappa shape index (κ1) is 13.6. The van der Waals surface area contributed by atoms with Crippen LogP contribution in [0.25, 0.3) is 0 Å². The number of ketones is 1. The number of rotatable bonds is 2. The minimum absolute atomic E-state index is 0.143. The van der Waals surface area contributed by atoms with Crippen molar-refractivity contribution in [3.05, 3.63) is 11.6 Å². The van der Waals surface area contributed by atoms with Gasteiger partial charge < -0.3 is 9.84 Å². The molecule has 0 saturated heterocycles. The molecule has 1 N–H and O–H groups in total. The maximum atomic E-state index is 12.3. The first-order valence-electron chi connectivity index (χ1n) is 5.90. The fraction of sp³-hybridized carbons (Fsp3) is 0.692. The lowest BCUT2D eigenvalue weighted by Crippen LogP contribution is -2.63. The molecule has 0 spiro atoms. The normalized spacial score (nSPS) is 42.7. The van der Waals surface area contributed by atoms with Gasteiger partial charge >= 0.3 is 5.97 Å². The van der Waals surface area contributed by atoms with Crippen LogP contribution in [0.2, 0.25) is 0 Å². The maximum absolute atomic E-state index is 12.3. The Hall–Kier alpha value is -0.870. The molecule has 0 radical (unpaired) electrons. The lowest BCUT2D eigenvalue weighted by atomic mass is 9.52. The minimum Gasteiger partial charge on any atom is -0.469 e. The number of hydrogen-bond acceptors (Lipinski definition) is 4. The Kier molecular flexibility index (Phi) is 3.06. The van der Waals surface area contributed by atoms with Gasteiger partial charge in [-0.15, -0.1) is 11.6 Å². The Morgan fingerprint density at radius 3 is 2.78 bits per heavy atom. The Bertz CT molecular complexity index is 444. The van der Waals surface area contributed by atoms with Crippen molar-refractivity contribution in [3.8, 4) is 0 Å². The molecule has 0 amide bonds. The van der Waals surface area contributed by atoms with Crippen molar-refractivity contribution in [2.24, 2.45) is 17.3 Å². The number of methoxy groups -OCH3 is 1. The predicted octanol–water partition coefficient (Wildman–Crippen LogP) is 1.30. The molecular weight excluding hydrogens is 256 g/mol.